The van der Waals surface area contributed by atoms with Crippen molar-refractivity contribution in [3.05, 3.63) is 29.3 Å². The summed E-state index contributed by atoms with van der Waals surface area (Å²) in [6.45, 7) is 3.98. The molecule has 3 aliphatic rings. The van der Waals surface area contributed by atoms with E-state index < -0.39 is 25.1 Å². The molecule has 0 radical (unpaired) electrons. The molecule has 4 rings (SSSR count). The second-order valence-corrected chi connectivity index (χ2v) is 11.8. The number of sulfonamides is 1. The lowest BCUT2D eigenvalue weighted by Crippen LogP contribution is -2.51. The van der Waals surface area contributed by atoms with Gasteiger partial charge in [0, 0.05) is 45.0 Å². The highest BCUT2D eigenvalue weighted by molar-refractivity contribution is 7.95. The van der Waals surface area contributed by atoms with Gasteiger partial charge in [0.1, 0.15) is 0 Å². The van der Waals surface area contributed by atoms with E-state index in [0.717, 1.165) is 19.5 Å². The molecule has 0 spiro atoms. The lowest BCUT2D eigenvalue weighted by Gasteiger charge is -2.35. The van der Waals surface area contributed by atoms with Gasteiger partial charge in [-0.25, -0.2) is 16.8 Å². The van der Waals surface area contributed by atoms with Crippen molar-refractivity contribution in [2.24, 2.45) is 0 Å². The molecule has 152 valence electrons. The molecule has 3 aliphatic heterocycles. The Balaban J connectivity index is 0.00000210. The zero-order valence-corrected chi connectivity index (χ0v) is 17.6. The van der Waals surface area contributed by atoms with E-state index in [0.29, 0.717) is 26.2 Å². The molecule has 1 atom stereocenters. The number of sulfone groups is 1. The number of nitrogens with one attached hydrogen (secondary N) is 1. The second-order valence-electron chi connectivity index (χ2n) is 7.37. The highest BCUT2D eigenvalue weighted by Gasteiger charge is 2.41. The minimum atomic E-state index is -3.52. The Hall–Kier alpha value is -0.870. The molecule has 0 amide bonds. The first-order valence-electron chi connectivity index (χ1n) is 9.11. The van der Waals surface area contributed by atoms with Crippen molar-refractivity contribution in [3.8, 4) is 0 Å². The van der Waals surface area contributed by atoms with Crippen molar-refractivity contribution in [2.75, 3.05) is 49.5 Å². The van der Waals surface area contributed by atoms with E-state index in [1.165, 1.54) is 21.1 Å². The van der Waals surface area contributed by atoms with Crippen LogP contribution in [-0.2, 0) is 32.8 Å². The third kappa shape index (κ3) is 4.27. The van der Waals surface area contributed by atoms with E-state index in [9.17, 15) is 16.8 Å². The van der Waals surface area contributed by atoms with E-state index in [1.807, 2.05) is 0 Å². The Kier molecular flexibility index (Phi) is 6.08. The van der Waals surface area contributed by atoms with Gasteiger partial charge in [-0.1, -0.05) is 18.2 Å². The maximum atomic E-state index is 12.7. The quantitative estimate of drug-likeness (QED) is 0.749. The molecule has 1 aromatic carbocycles. The van der Waals surface area contributed by atoms with Gasteiger partial charge in [-0.3, -0.25) is 4.90 Å². The number of para-hydroxylation sites is 1. The minimum Gasteiger partial charge on any atom is -0.384 e. The molecular formula is C17H26ClN3O4S2. The predicted octanol–water partition coefficient (Wildman–Crippen LogP) is 0.711. The first kappa shape index (κ1) is 20.9. The van der Waals surface area contributed by atoms with Crippen LogP contribution in [0.5, 0.6) is 0 Å². The minimum absolute atomic E-state index is 0. The maximum absolute atomic E-state index is 12.7. The van der Waals surface area contributed by atoms with Crippen LogP contribution < -0.4 is 5.32 Å². The maximum Gasteiger partial charge on any atom is 0.218 e. The molecule has 0 saturated carbocycles. The topological polar surface area (TPSA) is 86.8 Å². The van der Waals surface area contributed by atoms with Crippen molar-refractivity contribution >= 4 is 38.0 Å². The standard InChI is InChI=1S/C17H25N3O4S2.ClH/c21-25(22)11-5-16(13-25)26(23,24)20-9-7-19(8-10-20)12-15-3-1-2-14-4-6-18-17(14)15;/h1-3,16,18H,4-13H2;1H. The summed E-state index contributed by atoms with van der Waals surface area (Å²) in [7, 11) is -6.72. The van der Waals surface area contributed by atoms with Crippen molar-refractivity contribution in [1.29, 1.82) is 0 Å². The number of halogens is 1. The Morgan fingerprint density at radius 3 is 2.56 bits per heavy atom. The lowest BCUT2D eigenvalue weighted by atomic mass is 10.1. The normalized spacial score (nSPS) is 25.6. The molecule has 7 nitrogen and oxygen atoms in total. The summed E-state index contributed by atoms with van der Waals surface area (Å²) in [5, 5.41) is 2.68. The van der Waals surface area contributed by atoms with Crippen molar-refractivity contribution in [1.82, 2.24) is 9.21 Å². The number of fused-ring (bicyclic) bond motifs is 1. The highest BCUT2D eigenvalue weighted by atomic mass is 35.5. The molecule has 1 aromatic rings. The van der Waals surface area contributed by atoms with Crippen LogP contribution in [0, 0.1) is 0 Å². The van der Waals surface area contributed by atoms with Crippen LogP contribution in [0.25, 0.3) is 0 Å². The van der Waals surface area contributed by atoms with Gasteiger partial charge in [-0.05, 0) is 24.0 Å². The predicted molar refractivity (Wildman–Crippen MR) is 109 cm³/mol. The summed E-state index contributed by atoms with van der Waals surface area (Å²) < 4.78 is 50.2. The monoisotopic (exact) mass is 435 g/mol. The number of anilines is 1. The molecule has 3 heterocycles. The molecule has 2 saturated heterocycles. The smallest absolute Gasteiger partial charge is 0.218 e. The van der Waals surface area contributed by atoms with E-state index >= 15 is 0 Å². The number of benzene rings is 1. The lowest BCUT2D eigenvalue weighted by molar-refractivity contribution is 0.181. The van der Waals surface area contributed by atoms with E-state index in [1.54, 1.807) is 0 Å². The van der Waals surface area contributed by atoms with Crippen LogP contribution in [0.4, 0.5) is 5.69 Å². The van der Waals surface area contributed by atoms with Gasteiger partial charge < -0.3 is 5.32 Å². The second kappa shape index (κ2) is 7.87. The Labute approximate surface area is 167 Å². The fraction of sp³-hybridized carbons (Fsp3) is 0.647. The zero-order valence-electron chi connectivity index (χ0n) is 15.1. The summed E-state index contributed by atoms with van der Waals surface area (Å²) >= 11 is 0. The fourth-order valence-electron chi connectivity index (χ4n) is 4.13. The molecule has 27 heavy (non-hydrogen) atoms. The first-order chi connectivity index (χ1) is 12.4. The molecule has 0 aliphatic carbocycles. The van der Waals surface area contributed by atoms with Crippen molar-refractivity contribution < 1.29 is 16.8 Å². The molecule has 0 aromatic heterocycles. The number of piperazine rings is 1. The summed E-state index contributed by atoms with van der Waals surface area (Å²) in [6.07, 6.45) is 1.28. The van der Waals surface area contributed by atoms with Crippen LogP contribution in [0.1, 0.15) is 17.5 Å². The molecular weight excluding hydrogens is 410 g/mol. The van der Waals surface area contributed by atoms with Gasteiger partial charge >= 0.3 is 0 Å². The Bertz CT molecular complexity index is 897. The number of hydrogen-bond acceptors (Lipinski definition) is 6. The summed E-state index contributed by atoms with van der Waals surface area (Å²) in [5.41, 5.74) is 3.85. The Morgan fingerprint density at radius 2 is 1.89 bits per heavy atom. The molecule has 10 heteroatoms. The average molecular weight is 436 g/mol. The zero-order chi connectivity index (χ0) is 18.4. The summed E-state index contributed by atoms with van der Waals surface area (Å²) in [4.78, 5) is 2.27. The SMILES string of the molecule is Cl.O=S1(=O)CCC(S(=O)(=O)N2CCN(Cc3cccc4c3NCC4)CC2)C1. The largest absolute Gasteiger partial charge is 0.384 e. The molecule has 0 bridgehead atoms. The number of nitrogens with zero attached hydrogens (tertiary/aromatic N) is 2. The number of hydrogen-bond donors (Lipinski definition) is 1. The van der Waals surface area contributed by atoms with Crippen molar-refractivity contribution in [2.45, 2.75) is 24.6 Å². The van der Waals surface area contributed by atoms with Crippen LogP contribution in [-0.4, -0.2) is 75.5 Å². The van der Waals surface area contributed by atoms with Crippen LogP contribution >= 0.6 is 12.4 Å². The summed E-state index contributed by atoms with van der Waals surface area (Å²) in [6, 6.07) is 6.37. The van der Waals surface area contributed by atoms with E-state index in [4.69, 9.17) is 0 Å². The Morgan fingerprint density at radius 1 is 1.15 bits per heavy atom. The van der Waals surface area contributed by atoms with Gasteiger partial charge in [-0.15, -0.1) is 12.4 Å². The number of rotatable bonds is 4. The van der Waals surface area contributed by atoms with Gasteiger partial charge in [0.2, 0.25) is 10.0 Å². The highest BCUT2D eigenvalue weighted by Crippen LogP contribution is 2.28. The van der Waals surface area contributed by atoms with Gasteiger partial charge in [0.25, 0.3) is 0 Å². The fourth-order valence-corrected chi connectivity index (χ4v) is 8.64. The van der Waals surface area contributed by atoms with Crippen molar-refractivity contribution in [3.63, 3.8) is 0 Å². The first-order valence-corrected chi connectivity index (χ1v) is 12.4. The van der Waals surface area contributed by atoms with Crippen LogP contribution in [0.2, 0.25) is 0 Å². The molecule has 2 fully saturated rings. The van der Waals surface area contributed by atoms with Gasteiger partial charge in [-0.2, -0.15) is 4.31 Å². The van der Waals surface area contributed by atoms with E-state index in [-0.39, 0.29) is 30.3 Å². The van der Waals surface area contributed by atoms with Crippen LogP contribution in [0.15, 0.2) is 18.2 Å². The van der Waals surface area contributed by atoms with E-state index in [2.05, 4.69) is 28.4 Å². The molecule has 1 unspecified atom stereocenters. The van der Waals surface area contributed by atoms with Crippen LogP contribution in [0.3, 0.4) is 0 Å². The van der Waals surface area contributed by atoms with Gasteiger partial charge in [0.15, 0.2) is 9.84 Å². The average Bonchev–Trinajstić information content (AvgIpc) is 3.22. The molecule has 1 N–H and O–H groups in total. The third-order valence-corrected chi connectivity index (χ3v) is 9.94. The third-order valence-electron chi connectivity index (χ3n) is 5.63. The van der Waals surface area contributed by atoms with Gasteiger partial charge in [0.05, 0.1) is 16.8 Å². The summed E-state index contributed by atoms with van der Waals surface area (Å²) in [5.74, 6) is -0.236.